The second-order valence-corrected chi connectivity index (χ2v) is 4.56. The van der Waals surface area contributed by atoms with Crippen LogP contribution in [0.15, 0.2) is 29.8 Å². The highest BCUT2D eigenvalue weighted by Gasteiger charge is 2.14. The molecule has 0 aromatic heterocycles. The first-order valence-electron chi connectivity index (χ1n) is 4.83. The van der Waals surface area contributed by atoms with E-state index in [1.54, 1.807) is 23.9 Å². The van der Waals surface area contributed by atoms with Crippen molar-refractivity contribution in [2.45, 2.75) is 6.42 Å². The quantitative estimate of drug-likeness (QED) is 0.680. The Kier molecular flexibility index (Phi) is 3.21. The molecule has 2 rings (SSSR count). The van der Waals surface area contributed by atoms with Crippen molar-refractivity contribution in [1.82, 2.24) is 0 Å². The van der Waals surface area contributed by atoms with Crippen molar-refractivity contribution in [2.75, 3.05) is 11.5 Å². The smallest absolute Gasteiger partial charge is 0.160 e. The van der Waals surface area contributed by atoms with Gasteiger partial charge < -0.3 is 0 Å². The molecule has 15 heavy (non-hydrogen) atoms. The Morgan fingerprint density at radius 1 is 1.40 bits per heavy atom. The van der Waals surface area contributed by atoms with Gasteiger partial charge >= 0.3 is 0 Å². The third-order valence-corrected chi connectivity index (χ3v) is 3.29. The number of halogens is 1. The zero-order chi connectivity index (χ0) is 10.7. The lowest BCUT2D eigenvalue weighted by Crippen LogP contribution is -2.11. The van der Waals surface area contributed by atoms with Crippen LogP contribution in [0.5, 0.6) is 0 Å². The van der Waals surface area contributed by atoms with Gasteiger partial charge in [-0.3, -0.25) is 4.79 Å². The van der Waals surface area contributed by atoms with Crippen LogP contribution in [0.4, 0.5) is 4.39 Å². The fraction of sp³-hybridized carbons (Fsp3) is 0.250. The number of rotatable bonds is 1. The van der Waals surface area contributed by atoms with Crippen LogP contribution in [-0.4, -0.2) is 17.3 Å². The van der Waals surface area contributed by atoms with E-state index in [1.807, 2.05) is 6.07 Å². The van der Waals surface area contributed by atoms with Gasteiger partial charge in [-0.15, -0.1) is 0 Å². The third-order valence-electron chi connectivity index (χ3n) is 2.28. The van der Waals surface area contributed by atoms with E-state index < -0.39 is 0 Å². The average Bonchev–Trinajstić information content (AvgIpc) is 2.22. The molecule has 1 fully saturated rings. The second kappa shape index (κ2) is 4.62. The van der Waals surface area contributed by atoms with Crippen molar-refractivity contribution >= 4 is 23.6 Å². The average molecular weight is 222 g/mol. The predicted molar refractivity (Wildman–Crippen MR) is 61.3 cm³/mol. The van der Waals surface area contributed by atoms with Gasteiger partial charge in [0.05, 0.1) is 0 Å². The van der Waals surface area contributed by atoms with E-state index in [0.717, 1.165) is 22.6 Å². The van der Waals surface area contributed by atoms with Gasteiger partial charge in [-0.25, -0.2) is 4.39 Å². The predicted octanol–water partition coefficient (Wildman–Crippen LogP) is 2.92. The summed E-state index contributed by atoms with van der Waals surface area (Å²) in [5, 5.41) is 0. The topological polar surface area (TPSA) is 17.1 Å². The number of thioether (sulfide) groups is 1. The summed E-state index contributed by atoms with van der Waals surface area (Å²) in [6.45, 7) is 0. The van der Waals surface area contributed by atoms with Crippen LogP contribution in [0.1, 0.15) is 12.0 Å². The molecule has 1 aromatic rings. The van der Waals surface area contributed by atoms with E-state index in [-0.39, 0.29) is 11.6 Å². The standard InChI is InChI=1S/C12H11FOS/c13-11-3-1-2-9(7-11)6-10-8-15-5-4-12(10)14/h1-3,6-7H,4-5,8H2/b10-6-. The van der Waals surface area contributed by atoms with E-state index >= 15 is 0 Å². The van der Waals surface area contributed by atoms with Crippen LogP contribution in [0.25, 0.3) is 6.08 Å². The third kappa shape index (κ3) is 2.69. The summed E-state index contributed by atoms with van der Waals surface area (Å²) in [7, 11) is 0. The highest BCUT2D eigenvalue weighted by atomic mass is 32.2. The maximum absolute atomic E-state index is 12.9. The van der Waals surface area contributed by atoms with Gasteiger partial charge in [-0.1, -0.05) is 12.1 Å². The summed E-state index contributed by atoms with van der Waals surface area (Å²) in [6.07, 6.45) is 2.39. The Hall–Kier alpha value is -1.09. The van der Waals surface area contributed by atoms with E-state index in [9.17, 15) is 9.18 Å². The molecule has 0 bridgehead atoms. The zero-order valence-corrected chi connectivity index (χ0v) is 9.02. The molecule has 0 spiro atoms. The Balaban J connectivity index is 2.25. The van der Waals surface area contributed by atoms with Crippen molar-refractivity contribution in [3.63, 3.8) is 0 Å². The minimum absolute atomic E-state index is 0.193. The molecule has 3 heteroatoms. The van der Waals surface area contributed by atoms with Crippen LogP contribution >= 0.6 is 11.8 Å². The molecule has 1 nitrogen and oxygen atoms in total. The van der Waals surface area contributed by atoms with E-state index in [0.29, 0.717) is 6.42 Å². The molecule has 1 saturated heterocycles. The normalized spacial score (nSPS) is 19.5. The molecule has 0 atom stereocenters. The number of ketones is 1. The number of hydrogen-bond donors (Lipinski definition) is 0. The first kappa shape index (κ1) is 10.4. The summed E-state index contributed by atoms with van der Waals surface area (Å²) in [5.41, 5.74) is 1.57. The van der Waals surface area contributed by atoms with Crippen molar-refractivity contribution < 1.29 is 9.18 Å². The zero-order valence-electron chi connectivity index (χ0n) is 8.20. The minimum atomic E-state index is -0.264. The first-order chi connectivity index (χ1) is 7.25. The molecule has 0 unspecified atom stereocenters. The monoisotopic (exact) mass is 222 g/mol. The van der Waals surface area contributed by atoms with Gasteiger partial charge in [0, 0.05) is 23.5 Å². The van der Waals surface area contributed by atoms with Gasteiger partial charge in [0.15, 0.2) is 5.78 Å². The van der Waals surface area contributed by atoms with E-state index in [4.69, 9.17) is 0 Å². The molecule has 1 aliphatic heterocycles. The summed E-state index contributed by atoms with van der Waals surface area (Å²) >= 11 is 1.75. The van der Waals surface area contributed by atoms with Crippen molar-refractivity contribution in [1.29, 1.82) is 0 Å². The molecular formula is C12H11FOS. The molecule has 0 aliphatic carbocycles. The maximum atomic E-state index is 12.9. The summed E-state index contributed by atoms with van der Waals surface area (Å²) in [5.74, 6) is 1.58. The van der Waals surface area contributed by atoms with Crippen LogP contribution < -0.4 is 0 Å². The molecule has 0 radical (unpaired) electrons. The van der Waals surface area contributed by atoms with Gasteiger partial charge in [-0.05, 0) is 23.8 Å². The molecule has 1 heterocycles. The van der Waals surface area contributed by atoms with Crippen LogP contribution in [0, 0.1) is 5.82 Å². The van der Waals surface area contributed by atoms with Gasteiger partial charge in [-0.2, -0.15) is 11.8 Å². The number of hydrogen-bond acceptors (Lipinski definition) is 2. The number of carbonyl (C=O) groups is 1. The number of carbonyl (C=O) groups excluding carboxylic acids is 1. The lowest BCUT2D eigenvalue weighted by atomic mass is 10.1. The van der Waals surface area contributed by atoms with Crippen molar-refractivity contribution in [3.05, 3.63) is 41.2 Å². The molecule has 0 amide bonds. The Morgan fingerprint density at radius 2 is 2.27 bits per heavy atom. The van der Waals surface area contributed by atoms with Gasteiger partial charge in [0.2, 0.25) is 0 Å². The van der Waals surface area contributed by atoms with Crippen LogP contribution in [0.3, 0.4) is 0 Å². The second-order valence-electron chi connectivity index (χ2n) is 3.45. The number of benzene rings is 1. The molecule has 0 saturated carbocycles. The molecular weight excluding hydrogens is 211 g/mol. The summed E-state index contributed by atoms with van der Waals surface area (Å²) in [4.78, 5) is 11.5. The largest absolute Gasteiger partial charge is 0.294 e. The lowest BCUT2D eigenvalue weighted by molar-refractivity contribution is -0.115. The SMILES string of the molecule is O=C1CCSC/C1=C/c1cccc(F)c1. The fourth-order valence-corrected chi connectivity index (χ4v) is 2.45. The lowest BCUT2D eigenvalue weighted by Gasteiger charge is -2.12. The molecule has 78 valence electrons. The Bertz CT molecular complexity index is 412. The fourth-order valence-electron chi connectivity index (χ4n) is 1.51. The van der Waals surface area contributed by atoms with Crippen molar-refractivity contribution in [2.24, 2.45) is 0 Å². The number of Topliss-reactive ketones (excluding diaryl/α,β-unsaturated/α-hetero) is 1. The Labute approximate surface area is 92.4 Å². The highest BCUT2D eigenvalue weighted by molar-refractivity contribution is 7.99. The molecule has 1 aliphatic rings. The van der Waals surface area contributed by atoms with Crippen LogP contribution in [0.2, 0.25) is 0 Å². The Morgan fingerprint density at radius 3 is 3.00 bits per heavy atom. The summed E-state index contributed by atoms with van der Waals surface area (Å²) < 4.78 is 12.9. The minimum Gasteiger partial charge on any atom is -0.294 e. The van der Waals surface area contributed by atoms with Crippen LogP contribution in [-0.2, 0) is 4.79 Å². The van der Waals surface area contributed by atoms with Gasteiger partial charge in [0.1, 0.15) is 5.82 Å². The highest BCUT2D eigenvalue weighted by Crippen LogP contribution is 2.21. The van der Waals surface area contributed by atoms with E-state index in [2.05, 4.69) is 0 Å². The molecule has 1 aromatic carbocycles. The van der Waals surface area contributed by atoms with Gasteiger partial charge in [0.25, 0.3) is 0 Å². The molecule has 0 N–H and O–H groups in total. The summed E-state index contributed by atoms with van der Waals surface area (Å²) in [6, 6.07) is 6.31. The van der Waals surface area contributed by atoms with Crippen molar-refractivity contribution in [3.8, 4) is 0 Å². The van der Waals surface area contributed by atoms with E-state index in [1.165, 1.54) is 12.1 Å². The first-order valence-corrected chi connectivity index (χ1v) is 5.98. The maximum Gasteiger partial charge on any atom is 0.160 e.